The summed E-state index contributed by atoms with van der Waals surface area (Å²) in [4.78, 5) is 16.0. The summed E-state index contributed by atoms with van der Waals surface area (Å²) >= 11 is 0. The van der Waals surface area contributed by atoms with Crippen LogP contribution in [-0.2, 0) is 9.53 Å². The largest absolute Gasteiger partial charge is 0.466 e. The van der Waals surface area contributed by atoms with Crippen molar-refractivity contribution in [3.05, 3.63) is 0 Å². The Morgan fingerprint density at radius 3 is 2.15 bits per heavy atom. The van der Waals surface area contributed by atoms with Gasteiger partial charge in [-0.05, 0) is 51.9 Å². The zero-order chi connectivity index (χ0) is 14.4. The van der Waals surface area contributed by atoms with Gasteiger partial charge in [0.15, 0.2) is 5.96 Å². The first-order valence-electron chi connectivity index (χ1n) is 7.89. The number of rotatable bonds is 4. The van der Waals surface area contributed by atoms with Gasteiger partial charge in [0.25, 0.3) is 0 Å². The lowest BCUT2D eigenvalue weighted by atomic mass is 9.86. The average Bonchev–Trinajstić information content (AvgIpc) is 2.42. The van der Waals surface area contributed by atoms with Crippen LogP contribution < -0.4 is 10.6 Å². The van der Waals surface area contributed by atoms with Crippen LogP contribution in [0.15, 0.2) is 4.99 Å². The Labute approximate surface area is 121 Å². The van der Waals surface area contributed by atoms with Crippen LogP contribution in [0, 0.1) is 5.92 Å². The number of hydrogen-bond donors (Lipinski definition) is 2. The van der Waals surface area contributed by atoms with Crippen LogP contribution in [0.25, 0.3) is 0 Å². The molecule has 0 bridgehead atoms. The third-order valence-corrected chi connectivity index (χ3v) is 4.36. The lowest BCUT2D eigenvalue weighted by Crippen LogP contribution is -2.50. The van der Waals surface area contributed by atoms with Gasteiger partial charge in [0.05, 0.1) is 12.5 Å². The van der Waals surface area contributed by atoms with E-state index in [0.717, 1.165) is 31.6 Å². The molecular formula is C15H27N3O2. The summed E-state index contributed by atoms with van der Waals surface area (Å²) in [6.45, 7) is 2.34. The molecule has 5 heteroatoms. The number of esters is 1. The van der Waals surface area contributed by atoms with Crippen LogP contribution >= 0.6 is 0 Å². The average molecular weight is 281 g/mol. The molecule has 2 rings (SSSR count). The van der Waals surface area contributed by atoms with Crippen molar-refractivity contribution in [2.45, 2.75) is 64.0 Å². The Morgan fingerprint density at radius 1 is 1.10 bits per heavy atom. The molecule has 0 spiro atoms. The normalized spacial score (nSPS) is 27.6. The van der Waals surface area contributed by atoms with E-state index in [4.69, 9.17) is 4.74 Å². The maximum Gasteiger partial charge on any atom is 0.308 e. The van der Waals surface area contributed by atoms with Crippen LogP contribution in [-0.4, -0.2) is 37.7 Å². The van der Waals surface area contributed by atoms with Gasteiger partial charge in [-0.25, -0.2) is 0 Å². The Morgan fingerprint density at radius 2 is 1.70 bits per heavy atom. The molecule has 2 saturated carbocycles. The van der Waals surface area contributed by atoms with Crippen molar-refractivity contribution >= 4 is 11.9 Å². The third kappa shape index (κ3) is 4.12. The highest BCUT2D eigenvalue weighted by Gasteiger charge is 2.28. The summed E-state index contributed by atoms with van der Waals surface area (Å²) in [5, 5.41) is 6.93. The molecule has 0 aliphatic heterocycles. The topological polar surface area (TPSA) is 62.7 Å². The second-order valence-corrected chi connectivity index (χ2v) is 5.79. The van der Waals surface area contributed by atoms with E-state index in [0.29, 0.717) is 18.7 Å². The number of carbonyl (C=O) groups is 1. The summed E-state index contributed by atoms with van der Waals surface area (Å²) in [6, 6.07) is 1.02. The number of carbonyl (C=O) groups excluding carboxylic acids is 1. The van der Waals surface area contributed by atoms with Crippen molar-refractivity contribution in [1.82, 2.24) is 10.6 Å². The third-order valence-electron chi connectivity index (χ3n) is 4.36. The quantitative estimate of drug-likeness (QED) is 0.469. The predicted octanol–water partition coefficient (Wildman–Crippen LogP) is 1.83. The zero-order valence-corrected chi connectivity index (χ0v) is 12.7. The highest BCUT2D eigenvalue weighted by molar-refractivity contribution is 5.80. The van der Waals surface area contributed by atoms with E-state index in [1.54, 1.807) is 0 Å². The molecule has 20 heavy (non-hydrogen) atoms. The van der Waals surface area contributed by atoms with Crippen molar-refractivity contribution in [3.8, 4) is 0 Å². The van der Waals surface area contributed by atoms with Gasteiger partial charge in [-0.2, -0.15) is 0 Å². The second kappa shape index (κ2) is 7.50. The second-order valence-electron chi connectivity index (χ2n) is 5.79. The number of aliphatic imine (C=N–C) groups is 1. The molecule has 0 unspecified atom stereocenters. The molecule has 0 aromatic heterocycles. The van der Waals surface area contributed by atoms with Crippen LogP contribution in [0.2, 0.25) is 0 Å². The van der Waals surface area contributed by atoms with Gasteiger partial charge in [0, 0.05) is 19.1 Å². The predicted molar refractivity (Wildman–Crippen MR) is 79.6 cm³/mol. The molecule has 0 aromatic rings. The molecule has 2 N–H and O–H groups in total. The molecule has 114 valence electrons. The van der Waals surface area contributed by atoms with Crippen LogP contribution in [0.1, 0.15) is 51.9 Å². The number of nitrogens with zero attached hydrogens (tertiary/aromatic N) is 1. The number of guanidine groups is 1. The number of hydrogen-bond acceptors (Lipinski definition) is 3. The first-order valence-corrected chi connectivity index (χ1v) is 7.89. The minimum atomic E-state index is -0.0251. The summed E-state index contributed by atoms with van der Waals surface area (Å²) in [5.41, 5.74) is 0. The van der Waals surface area contributed by atoms with E-state index < -0.39 is 0 Å². The fourth-order valence-electron chi connectivity index (χ4n) is 2.84. The van der Waals surface area contributed by atoms with Crippen molar-refractivity contribution in [3.63, 3.8) is 0 Å². The summed E-state index contributed by atoms with van der Waals surface area (Å²) < 4.78 is 5.10. The Kier molecular flexibility index (Phi) is 5.68. The smallest absolute Gasteiger partial charge is 0.308 e. The standard InChI is InChI=1S/C15H27N3O2/c1-3-20-14(19)11-7-9-13(10-8-11)18-15(16-2)17-12-5-4-6-12/h11-13H,3-10H2,1-2H3,(H2,16,17,18). The maximum atomic E-state index is 11.7. The molecule has 0 aromatic carbocycles. The molecule has 0 radical (unpaired) electrons. The van der Waals surface area contributed by atoms with Gasteiger partial charge in [-0.15, -0.1) is 0 Å². The van der Waals surface area contributed by atoms with Crippen LogP contribution in [0.4, 0.5) is 0 Å². The Hall–Kier alpha value is -1.26. The minimum Gasteiger partial charge on any atom is -0.466 e. The molecular weight excluding hydrogens is 254 g/mol. The molecule has 2 aliphatic carbocycles. The molecule has 2 fully saturated rings. The van der Waals surface area contributed by atoms with Crippen molar-refractivity contribution in [1.29, 1.82) is 0 Å². The van der Waals surface area contributed by atoms with E-state index in [1.807, 2.05) is 14.0 Å². The summed E-state index contributed by atoms with van der Waals surface area (Å²) in [5.74, 6) is 0.979. The lowest BCUT2D eigenvalue weighted by molar-refractivity contribution is -0.149. The lowest BCUT2D eigenvalue weighted by Gasteiger charge is -2.32. The highest BCUT2D eigenvalue weighted by atomic mass is 16.5. The summed E-state index contributed by atoms with van der Waals surface area (Å²) in [7, 11) is 1.82. The van der Waals surface area contributed by atoms with Gasteiger partial charge in [0.2, 0.25) is 0 Å². The Balaban J connectivity index is 1.71. The van der Waals surface area contributed by atoms with Gasteiger partial charge in [-0.1, -0.05) is 0 Å². The van der Waals surface area contributed by atoms with Gasteiger partial charge < -0.3 is 15.4 Å². The van der Waals surface area contributed by atoms with Gasteiger partial charge in [-0.3, -0.25) is 9.79 Å². The molecule has 0 amide bonds. The molecule has 2 aliphatic rings. The van der Waals surface area contributed by atoms with Crippen LogP contribution in [0.5, 0.6) is 0 Å². The first-order chi connectivity index (χ1) is 9.72. The van der Waals surface area contributed by atoms with Gasteiger partial charge >= 0.3 is 5.97 Å². The van der Waals surface area contributed by atoms with Crippen molar-refractivity contribution < 1.29 is 9.53 Å². The van der Waals surface area contributed by atoms with Crippen molar-refractivity contribution in [2.75, 3.05) is 13.7 Å². The number of nitrogens with one attached hydrogen (secondary N) is 2. The van der Waals surface area contributed by atoms with Crippen LogP contribution in [0.3, 0.4) is 0 Å². The zero-order valence-electron chi connectivity index (χ0n) is 12.7. The SMILES string of the molecule is CCOC(=O)C1CCC(NC(=NC)NC2CCC2)CC1. The highest BCUT2D eigenvalue weighted by Crippen LogP contribution is 2.25. The van der Waals surface area contributed by atoms with Gasteiger partial charge in [0.1, 0.15) is 0 Å². The molecule has 0 atom stereocenters. The summed E-state index contributed by atoms with van der Waals surface area (Å²) in [6.07, 6.45) is 7.66. The van der Waals surface area contributed by atoms with E-state index in [2.05, 4.69) is 15.6 Å². The van der Waals surface area contributed by atoms with E-state index >= 15 is 0 Å². The fourth-order valence-corrected chi connectivity index (χ4v) is 2.84. The first kappa shape index (κ1) is 15.1. The fraction of sp³-hybridized carbons (Fsp3) is 0.867. The van der Waals surface area contributed by atoms with Crippen molar-refractivity contribution in [2.24, 2.45) is 10.9 Å². The van der Waals surface area contributed by atoms with E-state index in [9.17, 15) is 4.79 Å². The Bertz CT molecular complexity index is 345. The molecule has 0 heterocycles. The van der Waals surface area contributed by atoms with E-state index in [1.165, 1.54) is 19.3 Å². The monoisotopic (exact) mass is 281 g/mol. The minimum absolute atomic E-state index is 0.0251. The maximum absolute atomic E-state index is 11.7. The number of ether oxygens (including phenoxy) is 1. The molecule has 0 saturated heterocycles. The van der Waals surface area contributed by atoms with E-state index in [-0.39, 0.29) is 11.9 Å². The molecule has 5 nitrogen and oxygen atoms in total.